The van der Waals surface area contributed by atoms with Gasteiger partial charge in [-0.2, -0.15) is 0 Å². The summed E-state index contributed by atoms with van der Waals surface area (Å²) in [5, 5.41) is 9.82. The molecular weight excluding hydrogens is 480 g/mol. The lowest BCUT2D eigenvalue weighted by atomic mass is 9.88. The third kappa shape index (κ3) is 8.73. The van der Waals surface area contributed by atoms with E-state index in [0.717, 1.165) is 34.4 Å². The molecule has 0 heterocycles. The van der Waals surface area contributed by atoms with Gasteiger partial charge in [-0.25, -0.2) is 0 Å². The van der Waals surface area contributed by atoms with Gasteiger partial charge < -0.3 is 30.0 Å². The Morgan fingerprint density at radius 2 is 1.45 bits per heavy atom. The molecule has 0 saturated carbocycles. The van der Waals surface area contributed by atoms with E-state index in [1.54, 1.807) is 24.1 Å². The van der Waals surface area contributed by atoms with Gasteiger partial charge in [0.15, 0.2) is 0 Å². The summed E-state index contributed by atoms with van der Waals surface area (Å²) >= 11 is 0. The molecule has 0 aliphatic heterocycles. The Balaban J connectivity index is 1.64. The Bertz CT molecular complexity index is 1150. The van der Waals surface area contributed by atoms with Crippen LogP contribution in [0, 0.1) is 0 Å². The number of allylic oxidation sites excluding steroid dienone is 1. The van der Waals surface area contributed by atoms with Gasteiger partial charge in [-0.3, -0.25) is 4.79 Å². The summed E-state index contributed by atoms with van der Waals surface area (Å²) in [6.07, 6.45) is 0.850. The van der Waals surface area contributed by atoms with E-state index in [2.05, 4.69) is 19.1 Å². The summed E-state index contributed by atoms with van der Waals surface area (Å²) < 4.78 is 16.5. The normalized spacial score (nSPS) is 11.7. The van der Waals surface area contributed by atoms with Crippen LogP contribution in [-0.2, 0) is 14.3 Å². The predicted octanol–water partition coefficient (Wildman–Crippen LogP) is 4.59. The van der Waals surface area contributed by atoms with Crippen molar-refractivity contribution in [2.24, 2.45) is 5.73 Å². The molecule has 1 amide bonds. The molecule has 7 nitrogen and oxygen atoms in total. The van der Waals surface area contributed by atoms with E-state index in [-0.39, 0.29) is 18.3 Å². The van der Waals surface area contributed by atoms with Crippen molar-refractivity contribution in [3.63, 3.8) is 0 Å². The molecule has 0 fully saturated rings. The minimum atomic E-state index is -0.112. The Hall–Kier alpha value is -3.65. The Morgan fingerprint density at radius 3 is 2.08 bits per heavy atom. The van der Waals surface area contributed by atoms with Gasteiger partial charge in [0.05, 0.1) is 26.4 Å². The van der Waals surface area contributed by atoms with Crippen LogP contribution in [0.2, 0.25) is 0 Å². The zero-order valence-corrected chi connectivity index (χ0v) is 22.3. The van der Waals surface area contributed by atoms with Crippen molar-refractivity contribution < 1.29 is 24.1 Å². The molecule has 0 unspecified atom stereocenters. The molecule has 0 atom stereocenters. The van der Waals surface area contributed by atoms with Crippen molar-refractivity contribution in [2.75, 3.05) is 53.2 Å². The van der Waals surface area contributed by atoms with E-state index in [9.17, 15) is 9.90 Å². The molecule has 7 heteroatoms. The number of benzene rings is 3. The number of hydrogen-bond acceptors (Lipinski definition) is 6. The lowest BCUT2D eigenvalue weighted by molar-refractivity contribution is -0.135. The minimum absolute atomic E-state index is 0.00469. The van der Waals surface area contributed by atoms with E-state index in [1.807, 2.05) is 54.6 Å². The summed E-state index contributed by atoms with van der Waals surface area (Å²) in [6.45, 7) is 4.69. The number of phenols is 1. The van der Waals surface area contributed by atoms with Gasteiger partial charge in [-0.05, 0) is 58.5 Å². The molecule has 0 saturated heterocycles. The highest BCUT2D eigenvalue weighted by Gasteiger charge is 2.14. The van der Waals surface area contributed by atoms with Crippen molar-refractivity contribution in [3.8, 4) is 11.5 Å². The first-order valence-electron chi connectivity index (χ1n) is 12.9. The number of carbonyl (C=O) groups excluding carboxylic acids is 1. The SMILES string of the molecule is CC/C(=C(\c1ccc(O)cc1)c1ccc(OCCN(C)C(=O)COCCOCCN)cc1)c1ccccc1. The van der Waals surface area contributed by atoms with Crippen LogP contribution in [-0.4, -0.2) is 69.1 Å². The molecule has 202 valence electrons. The highest BCUT2D eigenvalue weighted by Crippen LogP contribution is 2.35. The van der Waals surface area contributed by atoms with Crippen LogP contribution in [0.1, 0.15) is 30.0 Å². The maximum Gasteiger partial charge on any atom is 0.248 e. The van der Waals surface area contributed by atoms with E-state index in [4.69, 9.17) is 19.9 Å². The fraction of sp³-hybridized carbons (Fsp3) is 0.323. The predicted molar refractivity (Wildman–Crippen MR) is 151 cm³/mol. The van der Waals surface area contributed by atoms with Crippen LogP contribution in [0.5, 0.6) is 11.5 Å². The van der Waals surface area contributed by atoms with Gasteiger partial charge >= 0.3 is 0 Å². The van der Waals surface area contributed by atoms with E-state index in [1.165, 1.54) is 5.57 Å². The van der Waals surface area contributed by atoms with Crippen LogP contribution in [0.3, 0.4) is 0 Å². The second-order valence-corrected chi connectivity index (χ2v) is 8.76. The molecule has 3 aromatic carbocycles. The standard InChI is InChI=1S/C31H38N2O5/c1-3-29(24-7-5-4-6-8-24)31(25-9-13-27(34)14-10-25)26-11-15-28(16-12-26)38-20-18-33(2)30(35)23-37-22-21-36-19-17-32/h4-16,34H,3,17-23,32H2,1-2H3/b31-29-. The number of aromatic hydroxyl groups is 1. The van der Waals surface area contributed by atoms with Crippen molar-refractivity contribution in [1.82, 2.24) is 4.90 Å². The Kier molecular flexibility index (Phi) is 11.8. The monoisotopic (exact) mass is 518 g/mol. The molecule has 3 aromatic rings. The van der Waals surface area contributed by atoms with Crippen LogP contribution in [0.25, 0.3) is 11.1 Å². The molecule has 38 heavy (non-hydrogen) atoms. The summed E-state index contributed by atoms with van der Waals surface area (Å²) in [5.41, 5.74) is 11.0. The number of amides is 1. The number of nitrogens with zero attached hydrogens (tertiary/aromatic N) is 1. The number of likely N-dealkylation sites (N-methyl/N-ethyl adjacent to an activating group) is 1. The van der Waals surface area contributed by atoms with Crippen molar-refractivity contribution in [1.29, 1.82) is 0 Å². The Labute approximate surface area is 225 Å². The molecule has 0 aliphatic carbocycles. The van der Waals surface area contributed by atoms with E-state index < -0.39 is 0 Å². The first-order chi connectivity index (χ1) is 18.5. The van der Waals surface area contributed by atoms with Gasteiger partial charge in [0.1, 0.15) is 24.7 Å². The summed E-state index contributed by atoms with van der Waals surface area (Å²) in [7, 11) is 1.73. The van der Waals surface area contributed by atoms with Crippen LogP contribution in [0.15, 0.2) is 78.9 Å². The van der Waals surface area contributed by atoms with Crippen molar-refractivity contribution in [2.45, 2.75) is 13.3 Å². The number of carbonyl (C=O) groups is 1. The third-order valence-corrected chi connectivity index (χ3v) is 6.06. The number of ether oxygens (including phenoxy) is 3. The minimum Gasteiger partial charge on any atom is -0.508 e. The lowest BCUT2D eigenvalue weighted by Crippen LogP contribution is -2.34. The second kappa shape index (κ2) is 15.6. The molecule has 0 aliphatic rings. The largest absolute Gasteiger partial charge is 0.508 e. The van der Waals surface area contributed by atoms with Gasteiger partial charge in [-0.15, -0.1) is 0 Å². The first-order valence-corrected chi connectivity index (χ1v) is 12.9. The van der Waals surface area contributed by atoms with Crippen LogP contribution in [0.4, 0.5) is 0 Å². The summed E-state index contributed by atoms with van der Waals surface area (Å²) in [4.78, 5) is 13.8. The van der Waals surface area contributed by atoms with Crippen LogP contribution >= 0.6 is 0 Å². The molecule has 0 bridgehead atoms. The fourth-order valence-electron chi connectivity index (χ4n) is 4.02. The maximum absolute atomic E-state index is 12.2. The van der Waals surface area contributed by atoms with Gasteiger partial charge in [-0.1, -0.05) is 61.5 Å². The summed E-state index contributed by atoms with van der Waals surface area (Å²) in [6, 6.07) is 25.6. The van der Waals surface area contributed by atoms with Crippen molar-refractivity contribution in [3.05, 3.63) is 95.6 Å². The van der Waals surface area contributed by atoms with E-state index in [0.29, 0.717) is 39.5 Å². The topological polar surface area (TPSA) is 94.2 Å². The zero-order chi connectivity index (χ0) is 27.2. The molecule has 3 rings (SSSR count). The summed E-state index contributed by atoms with van der Waals surface area (Å²) in [5.74, 6) is 0.853. The first kappa shape index (κ1) is 28.9. The van der Waals surface area contributed by atoms with Crippen molar-refractivity contribution >= 4 is 17.1 Å². The second-order valence-electron chi connectivity index (χ2n) is 8.76. The third-order valence-electron chi connectivity index (χ3n) is 6.06. The maximum atomic E-state index is 12.2. The highest BCUT2D eigenvalue weighted by molar-refractivity contribution is 5.98. The fourth-order valence-corrected chi connectivity index (χ4v) is 4.02. The number of rotatable bonds is 15. The molecule has 3 N–H and O–H groups in total. The molecule has 0 aromatic heterocycles. The lowest BCUT2D eigenvalue weighted by Gasteiger charge is -2.18. The highest BCUT2D eigenvalue weighted by atomic mass is 16.5. The Morgan fingerprint density at radius 1 is 0.816 bits per heavy atom. The number of nitrogens with two attached hydrogens (primary N) is 1. The van der Waals surface area contributed by atoms with Crippen LogP contribution < -0.4 is 10.5 Å². The number of hydrogen-bond donors (Lipinski definition) is 2. The van der Waals surface area contributed by atoms with Gasteiger partial charge in [0, 0.05) is 13.6 Å². The average molecular weight is 519 g/mol. The van der Waals surface area contributed by atoms with Gasteiger partial charge in [0.2, 0.25) is 5.91 Å². The quantitative estimate of drug-likeness (QED) is 0.226. The number of phenolic OH excluding ortho intramolecular Hbond substituents is 1. The molecule has 0 spiro atoms. The van der Waals surface area contributed by atoms with Gasteiger partial charge in [0.25, 0.3) is 0 Å². The zero-order valence-electron chi connectivity index (χ0n) is 22.3. The average Bonchev–Trinajstić information content (AvgIpc) is 2.95. The molecular formula is C31H38N2O5. The smallest absolute Gasteiger partial charge is 0.248 e. The van der Waals surface area contributed by atoms with E-state index >= 15 is 0 Å². The molecule has 0 radical (unpaired) electrons.